The summed E-state index contributed by atoms with van der Waals surface area (Å²) in [4.78, 5) is 22.2. The fourth-order valence-electron chi connectivity index (χ4n) is 2.95. The zero-order valence-electron chi connectivity index (χ0n) is 15.1. The number of carbonyl (C=O) groups is 1. The van der Waals surface area contributed by atoms with Crippen LogP contribution in [0.3, 0.4) is 0 Å². The summed E-state index contributed by atoms with van der Waals surface area (Å²) in [5.74, 6) is 0. The number of nitrogens with zero attached hydrogens (tertiary/aromatic N) is 2. The predicted molar refractivity (Wildman–Crippen MR) is 99.4 cm³/mol. The summed E-state index contributed by atoms with van der Waals surface area (Å²) in [7, 11) is -2.68. The minimum atomic E-state index is -3.99. The highest BCUT2D eigenvalue weighted by molar-refractivity contribution is 7.89. The molecule has 0 unspecified atom stereocenters. The number of carboxylic acid groups (broad SMARTS) is 1. The molecule has 150 valence electrons. The predicted octanol–water partition coefficient (Wildman–Crippen LogP) is 2.23. The molecule has 10 nitrogen and oxygen atoms in total. The Bertz CT molecular complexity index is 792. The third kappa shape index (κ3) is 5.79. The lowest BCUT2D eigenvalue weighted by Gasteiger charge is -2.23. The molecule has 0 atom stereocenters. The summed E-state index contributed by atoms with van der Waals surface area (Å²) in [6.45, 7) is -0.182. The average molecular weight is 400 g/mol. The maximum atomic E-state index is 12.3. The third-order valence-electron chi connectivity index (χ3n) is 4.51. The second kappa shape index (κ2) is 9.00. The molecule has 1 aromatic carbocycles. The van der Waals surface area contributed by atoms with E-state index in [0.717, 1.165) is 43.1 Å². The lowest BCUT2D eigenvalue weighted by molar-refractivity contribution is -0.384. The normalized spacial score (nSPS) is 15.3. The van der Waals surface area contributed by atoms with Gasteiger partial charge in [-0.05, 0) is 25.0 Å². The zero-order chi connectivity index (χ0) is 20.0. The Labute approximate surface area is 157 Å². The van der Waals surface area contributed by atoms with Crippen LogP contribution < -0.4 is 10.0 Å². The minimum absolute atomic E-state index is 0.0437. The van der Waals surface area contributed by atoms with Crippen molar-refractivity contribution in [3.63, 3.8) is 0 Å². The number of sulfonamides is 1. The van der Waals surface area contributed by atoms with Crippen LogP contribution >= 0.6 is 0 Å². The molecule has 1 aliphatic rings. The molecule has 0 heterocycles. The first-order chi connectivity index (χ1) is 12.7. The summed E-state index contributed by atoms with van der Waals surface area (Å²) in [6.07, 6.45) is 3.95. The highest BCUT2D eigenvalue weighted by atomic mass is 32.2. The summed E-state index contributed by atoms with van der Waals surface area (Å²) < 4.78 is 26.9. The van der Waals surface area contributed by atoms with Crippen LogP contribution in [-0.2, 0) is 10.0 Å². The van der Waals surface area contributed by atoms with Gasteiger partial charge in [-0.1, -0.05) is 19.3 Å². The van der Waals surface area contributed by atoms with Crippen molar-refractivity contribution >= 4 is 27.5 Å². The quantitative estimate of drug-likeness (QED) is 0.448. The van der Waals surface area contributed by atoms with Gasteiger partial charge in [-0.25, -0.2) is 17.9 Å². The van der Waals surface area contributed by atoms with Crippen molar-refractivity contribution in [2.75, 3.05) is 25.5 Å². The number of hydrogen-bond acceptors (Lipinski definition) is 6. The van der Waals surface area contributed by atoms with Crippen LogP contribution in [0.5, 0.6) is 0 Å². The minimum Gasteiger partial charge on any atom is -0.465 e. The van der Waals surface area contributed by atoms with Gasteiger partial charge >= 0.3 is 6.09 Å². The Morgan fingerprint density at radius 1 is 1.33 bits per heavy atom. The molecule has 1 aromatic rings. The van der Waals surface area contributed by atoms with Gasteiger partial charge in [-0.15, -0.1) is 0 Å². The van der Waals surface area contributed by atoms with Crippen LogP contribution in [0, 0.1) is 10.1 Å². The van der Waals surface area contributed by atoms with Gasteiger partial charge in [0.25, 0.3) is 5.69 Å². The van der Waals surface area contributed by atoms with Crippen molar-refractivity contribution in [3.05, 3.63) is 28.3 Å². The van der Waals surface area contributed by atoms with Crippen molar-refractivity contribution in [1.29, 1.82) is 0 Å². The van der Waals surface area contributed by atoms with E-state index in [1.54, 1.807) is 0 Å². The fraction of sp³-hybridized carbons (Fsp3) is 0.562. The average Bonchev–Trinajstić information content (AvgIpc) is 2.62. The monoisotopic (exact) mass is 400 g/mol. The van der Waals surface area contributed by atoms with E-state index < -0.39 is 21.0 Å². The maximum Gasteiger partial charge on any atom is 0.407 e. The molecule has 1 aliphatic carbocycles. The molecule has 1 amide bonds. The third-order valence-corrected chi connectivity index (χ3v) is 5.97. The summed E-state index contributed by atoms with van der Waals surface area (Å²) in [5, 5.41) is 23.3. The standard InChI is InChI=1S/C16H24N4O6S/c1-19(16(21)22)10-9-17-27(25,26)13-7-8-14(15(11-13)20(23)24)18-12-5-3-2-4-6-12/h7-8,11-12,17-18H,2-6,9-10H2,1H3,(H,21,22). The van der Waals surface area contributed by atoms with Gasteiger partial charge in [-0.3, -0.25) is 10.1 Å². The zero-order valence-corrected chi connectivity index (χ0v) is 15.9. The molecule has 2 rings (SSSR count). The summed E-state index contributed by atoms with van der Waals surface area (Å²) in [5.41, 5.74) is 0.00237. The van der Waals surface area contributed by atoms with Crippen LogP contribution in [0.2, 0.25) is 0 Å². The SMILES string of the molecule is CN(CCNS(=O)(=O)c1ccc(NC2CCCCC2)c([N+](=O)[O-])c1)C(=O)O. The molecule has 11 heteroatoms. The molecule has 0 aliphatic heterocycles. The first kappa shape index (κ1) is 20.9. The Morgan fingerprint density at radius 3 is 2.59 bits per heavy atom. The number of anilines is 1. The molecular formula is C16H24N4O6S. The second-order valence-corrected chi connectivity index (χ2v) is 8.28. The Hall–Kier alpha value is -2.40. The molecule has 27 heavy (non-hydrogen) atoms. The first-order valence-electron chi connectivity index (χ1n) is 8.69. The largest absolute Gasteiger partial charge is 0.465 e. The van der Waals surface area contributed by atoms with Crippen molar-refractivity contribution in [1.82, 2.24) is 9.62 Å². The Balaban J connectivity index is 2.13. The molecular weight excluding hydrogens is 376 g/mol. The van der Waals surface area contributed by atoms with E-state index in [1.165, 1.54) is 19.2 Å². The number of rotatable bonds is 8. The van der Waals surface area contributed by atoms with Gasteiger partial charge in [0.15, 0.2) is 0 Å². The number of likely N-dealkylation sites (N-methyl/N-ethyl adjacent to an activating group) is 1. The van der Waals surface area contributed by atoms with Gasteiger partial charge in [-0.2, -0.15) is 0 Å². The van der Waals surface area contributed by atoms with Crippen molar-refractivity contribution < 1.29 is 23.2 Å². The van der Waals surface area contributed by atoms with Crippen LogP contribution in [0.1, 0.15) is 32.1 Å². The van der Waals surface area contributed by atoms with E-state index >= 15 is 0 Å². The number of amides is 1. The number of nitrogens with one attached hydrogen (secondary N) is 2. The Morgan fingerprint density at radius 2 is 2.00 bits per heavy atom. The molecule has 0 radical (unpaired) electrons. The number of benzene rings is 1. The smallest absolute Gasteiger partial charge is 0.407 e. The van der Waals surface area contributed by atoms with Crippen LogP contribution in [0.15, 0.2) is 23.1 Å². The molecule has 0 aromatic heterocycles. The molecule has 0 saturated heterocycles. The van der Waals surface area contributed by atoms with Crippen molar-refractivity contribution in [3.8, 4) is 0 Å². The molecule has 0 bridgehead atoms. The molecule has 1 saturated carbocycles. The molecule has 0 spiro atoms. The van der Waals surface area contributed by atoms with E-state index in [1.807, 2.05) is 0 Å². The Kier molecular flexibility index (Phi) is 6.97. The highest BCUT2D eigenvalue weighted by Gasteiger charge is 2.23. The van der Waals surface area contributed by atoms with Gasteiger partial charge in [0.2, 0.25) is 10.0 Å². The van der Waals surface area contributed by atoms with E-state index in [4.69, 9.17) is 5.11 Å². The van der Waals surface area contributed by atoms with Crippen molar-refractivity contribution in [2.45, 2.75) is 43.0 Å². The summed E-state index contributed by atoms with van der Waals surface area (Å²) >= 11 is 0. The second-order valence-electron chi connectivity index (χ2n) is 6.52. The lowest BCUT2D eigenvalue weighted by Crippen LogP contribution is -2.35. The van der Waals surface area contributed by atoms with Crippen LogP contribution in [0.25, 0.3) is 0 Å². The van der Waals surface area contributed by atoms with E-state index in [9.17, 15) is 23.3 Å². The highest BCUT2D eigenvalue weighted by Crippen LogP contribution is 2.30. The van der Waals surface area contributed by atoms with E-state index in [0.29, 0.717) is 5.69 Å². The topological polar surface area (TPSA) is 142 Å². The number of nitro groups is 1. The van der Waals surface area contributed by atoms with Crippen LogP contribution in [0.4, 0.5) is 16.2 Å². The lowest BCUT2D eigenvalue weighted by atomic mass is 9.95. The molecule has 1 fully saturated rings. The summed E-state index contributed by atoms with van der Waals surface area (Å²) in [6, 6.07) is 3.88. The maximum absolute atomic E-state index is 12.3. The van der Waals surface area contributed by atoms with Gasteiger partial charge in [0.1, 0.15) is 5.69 Å². The molecule has 3 N–H and O–H groups in total. The fourth-order valence-corrected chi connectivity index (χ4v) is 3.99. The van der Waals surface area contributed by atoms with Crippen molar-refractivity contribution in [2.24, 2.45) is 0 Å². The van der Waals surface area contributed by atoms with Crippen LogP contribution in [-0.4, -0.2) is 55.6 Å². The van der Waals surface area contributed by atoms with Gasteiger partial charge in [0.05, 0.1) is 9.82 Å². The van der Waals surface area contributed by atoms with Gasteiger partial charge in [0, 0.05) is 32.2 Å². The number of hydrogen-bond donors (Lipinski definition) is 3. The number of nitro benzene ring substituents is 1. The van der Waals surface area contributed by atoms with E-state index in [-0.39, 0.29) is 29.7 Å². The van der Waals surface area contributed by atoms with E-state index in [2.05, 4.69) is 10.0 Å². The first-order valence-corrected chi connectivity index (χ1v) is 10.2. The van der Waals surface area contributed by atoms with Gasteiger partial charge < -0.3 is 15.3 Å².